The highest BCUT2D eigenvalue weighted by Gasteiger charge is 2.17. The fraction of sp³-hybridized carbons (Fsp3) is 0.333. The van der Waals surface area contributed by atoms with Crippen LogP contribution in [0.1, 0.15) is 35.5 Å². The zero-order chi connectivity index (χ0) is 13.8. The molecule has 4 heteroatoms. The van der Waals surface area contributed by atoms with Gasteiger partial charge in [-0.15, -0.1) is 0 Å². The number of aryl methyl sites for hydroxylation is 2. The minimum absolute atomic E-state index is 0.250. The number of rotatable bonds is 4. The van der Waals surface area contributed by atoms with Crippen molar-refractivity contribution in [1.82, 2.24) is 10.2 Å². The summed E-state index contributed by atoms with van der Waals surface area (Å²) in [4.78, 5) is 0. The Morgan fingerprint density at radius 1 is 1.21 bits per heavy atom. The Kier molecular flexibility index (Phi) is 4.12. The van der Waals surface area contributed by atoms with Gasteiger partial charge in [0, 0.05) is 5.56 Å². The number of hydrogen-bond donors (Lipinski definition) is 1. The summed E-state index contributed by atoms with van der Waals surface area (Å²) in [6, 6.07) is 9.56. The Hall–Kier alpha value is -1.94. The van der Waals surface area contributed by atoms with Gasteiger partial charge in [0.1, 0.15) is 5.75 Å². The standard InChI is InChI=1S/C15H19N3O/c1-4-13-12(9-10(2)17-18-13)15(16)11-7-5-6-8-14(11)19-3/h5-9,15H,4,16H2,1-3H3. The largest absolute Gasteiger partial charge is 0.496 e. The van der Waals surface area contributed by atoms with Crippen molar-refractivity contribution in [2.24, 2.45) is 5.73 Å². The van der Waals surface area contributed by atoms with Gasteiger partial charge in [0.25, 0.3) is 0 Å². The lowest BCUT2D eigenvalue weighted by atomic mass is 9.96. The molecule has 2 rings (SSSR count). The molecule has 0 aliphatic rings. The van der Waals surface area contributed by atoms with E-state index in [1.807, 2.05) is 37.3 Å². The van der Waals surface area contributed by atoms with Crippen LogP contribution in [0.2, 0.25) is 0 Å². The Bertz CT molecular complexity index is 569. The maximum absolute atomic E-state index is 6.39. The zero-order valence-corrected chi connectivity index (χ0v) is 11.6. The quantitative estimate of drug-likeness (QED) is 0.913. The average molecular weight is 257 g/mol. The Morgan fingerprint density at radius 2 is 1.95 bits per heavy atom. The molecule has 0 bridgehead atoms. The second-order valence-electron chi connectivity index (χ2n) is 4.46. The normalized spacial score (nSPS) is 12.2. The summed E-state index contributed by atoms with van der Waals surface area (Å²) < 4.78 is 5.38. The van der Waals surface area contributed by atoms with Crippen molar-refractivity contribution in [3.8, 4) is 5.75 Å². The minimum atomic E-state index is -0.250. The van der Waals surface area contributed by atoms with Gasteiger partial charge in [-0.3, -0.25) is 0 Å². The minimum Gasteiger partial charge on any atom is -0.496 e. The molecule has 2 N–H and O–H groups in total. The molecule has 0 fully saturated rings. The van der Waals surface area contributed by atoms with Crippen LogP contribution in [0.4, 0.5) is 0 Å². The molecule has 2 aromatic rings. The van der Waals surface area contributed by atoms with Crippen LogP contribution in [-0.2, 0) is 6.42 Å². The highest BCUT2D eigenvalue weighted by atomic mass is 16.5. The van der Waals surface area contributed by atoms with E-state index < -0.39 is 0 Å². The highest BCUT2D eigenvalue weighted by molar-refractivity contribution is 5.42. The van der Waals surface area contributed by atoms with Gasteiger partial charge in [0.2, 0.25) is 0 Å². The van der Waals surface area contributed by atoms with Crippen LogP contribution < -0.4 is 10.5 Å². The fourth-order valence-corrected chi connectivity index (χ4v) is 2.17. The van der Waals surface area contributed by atoms with E-state index in [0.29, 0.717) is 0 Å². The molecule has 0 aliphatic carbocycles. The van der Waals surface area contributed by atoms with E-state index in [-0.39, 0.29) is 6.04 Å². The third-order valence-electron chi connectivity index (χ3n) is 3.17. The number of hydrogen-bond acceptors (Lipinski definition) is 4. The van der Waals surface area contributed by atoms with Gasteiger partial charge in [0.05, 0.1) is 24.5 Å². The first-order valence-corrected chi connectivity index (χ1v) is 6.39. The van der Waals surface area contributed by atoms with Crippen molar-refractivity contribution >= 4 is 0 Å². The van der Waals surface area contributed by atoms with Crippen LogP contribution in [0.15, 0.2) is 30.3 Å². The maximum atomic E-state index is 6.39. The van der Waals surface area contributed by atoms with Gasteiger partial charge in [-0.05, 0) is 31.0 Å². The number of nitrogens with two attached hydrogens (primary N) is 1. The highest BCUT2D eigenvalue weighted by Crippen LogP contribution is 2.29. The van der Waals surface area contributed by atoms with Crippen LogP contribution in [0.5, 0.6) is 5.75 Å². The van der Waals surface area contributed by atoms with Crippen molar-refractivity contribution in [3.63, 3.8) is 0 Å². The third kappa shape index (κ3) is 2.74. The first kappa shape index (κ1) is 13.5. The monoisotopic (exact) mass is 257 g/mol. The van der Waals surface area contributed by atoms with Crippen LogP contribution in [0.3, 0.4) is 0 Å². The van der Waals surface area contributed by atoms with E-state index >= 15 is 0 Å². The van der Waals surface area contributed by atoms with Crippen LogP contribution in [-0.4, -0.2) is 17.3 Å². The maximum Gasteiger partial charge on any atom is 0.123 e. The topological polar surface area (TPSA) is 61.0 Å². The van der Waals surface area contributed by atoms with Crippen LogP contribution in [0.25, 0.3) is 0 Å². The number of methoxy groups -OCH3 is 1. The lowest BCUT2D eigenvalue weighted by molar-refractivity contribution is 0.407. The molecule has 1 unspecified atom stereocenters. The Balaban J connectivity index is 2.49. The van der Waals surface area contributed by atoms with Crippen molar-refractivity contribution < 1.29 is 4.74 Å². The fourth-order valence-electron chi connectivity index (χ4n) is 2.17. The molecule has 0 saturated heterocycles. The van der Waals surface area contributed by atoms with Gasteiger partial charge in [-0.25, -0.2) is 0 Å². The first-order valence-electron chi connectivity index (χ1n) is 6.39. The lowest BCUT2D eigenvalue weighted by Crippen LogP contribution is -2.16. The molecular formula is C15H19N3O. The summed E-state index contributed by atoms with van der Waals surface area (Å²) in [6.07, 6.45) is 0.811. The van der Waals surface area contributed by atoms with E-state index in [9.17, 15) is 0 Å². The van der Waals surface area contributed by atoms with E-state index in [4.69, 9.17) is 10.5 Å². The summed E-state index contributed by atoms with van der Waals surface area (Å²) in [5.74, 6) is 0.798. The van der Waals surface area contributed by atoms with E-state index in [0.717, 1.165) is 34.7 Å². The molecule has 0 aliphatic heterocycles. The molecule has 4 nitrogen and oxygen atoms in total. The number of nitrogens with zero attached hydrogens (tertiary/aromatic N) is 2. The number of ether oxygens (including phenoxy) is 1. The molecule has 1 aromatic heterocycles. The van der Waals surface area contributed by atoms with E-state index in [2.05, 4.69) is 17.1 Å². The molecule has 0 saturated carbocycles. The van der Waals surface area contributed by atoms with E-state index in [1.54, 1.807) is 7.11 Å². The SMILES string of the molecule is CCc1nnc(C)cc1C(N)c1ccccc1OC. The van der Waals surface area contributed by atoms with Gasteiger partial charge in [-0.1, -0.05) is 25.1 Å². The molecule has 0 radical (unpaired) electrons. The van der Waals surface area contributed by atoms with Crippen LogP contribution >= 0.6 is 0 Å². The molecule has 1 heterocycles. The predicted molar refractivity (Wildman–Crippen MR) is 75.2 cm³/mol. The van der Waals surface area contributed by atoms with Gasteiger partial charge in [-0.2, -0.15) is 10.2 Å². The van der Waals surface area contributed by atoms with Crippen molar-refractivity contribution in [2.45, 2.75) is 26.3 Å². The molecule has 0 amide bonds. The summed E-state index contributed by atoms with van der Waals surface area (Å²) in [5.41, 5.74) is 10.2. The van der Waals surface area contributed by atoms with Gasteiger partial charge >= 0.3 is 0 Å². The van der Waals surface area contributed by atoms with Crippen LogP contribution in [0, 0.1) is 6.92 Å². The summed E-state index contributed by atoms with van der Waals surface area (Å²) in [6.45, 7) is 3.97. The Labute approximate surface area is 113 Å². The molecule has 1 aromatic carbocycles. The lowest BCUT2D eigenvalue weighted by Gasteiger charge is -2.18. The second-order valence-corrected chi connectivity index (χ2v) is 4.46. The van der Waals surface area contributed by atoms with E-state index in [1.165, 1.54) is 0 Å². The smallest absolute Gasteiger partial charge is 0.123 e. The second kappa shape index (κ2) is 5.80. The first-order chi connectivity index (χ1) is 9.17. The number of para-hydroxylation sites is 1. The molecule has 100 valence electrons. The summed E-state index contributed by atoms with van der Waals surface area (Å²) >= 11 is 0. The van der Waals surface area contributed by atoms with Gasteiger partial charge < -0.3 is 10.5 Å². The van der Waals surface area contributed by atoms with Crippen molar-refractivity contribution in [3.05, 3.63) is 52.8 Å². The average Bonchev–Trinajstić information content (AvgIpc) is 2.46. The summed E-state index contributed by atoms with van der Waals surface area (Å²) in [5, 5.41) is 8.32. The third-order valence-corrected chi connectivity index (χ3v) is 3.17. The zero-order valence-electron chi connectivity index (χ0n) is 11.6. The predicted octanol–water partition coefficient (Wildman–Crippen LogP) is 2.40. The van der Waals surface area contributed by atoms with Gasteiger partial charge in [0.15, 0.2) is 0 Å². The van der Waals surface area contributed by atoms with Crippen molar-refractivity contribution in [2.75, 3.05) is 7.11 Å². The number of aromatic nitrogens is 2. The molecule has 1 atom stereocenters. The van der Waals surface area contributed by atoms with Crippen molar-refractivity contribution in [1.29, 1.82) is 0 Å². The number of benzene rings is 1. The molecule has 0 spiro atoms. The molecular weight excluding hydrogens is 238 g/mol. The summed E-state index contributed by atoms with van der Waals surface area (Å²) in [7, 11) is 1.66. The Morgan fingerprint density at radius 3 is 2.63 bits per heavy atom. The molecule has 19 heavy (non-hydrogen) atoms.